The van der Waals surface area contributed by atoms with E-state index >= 15 is 0 Å². The Morgan fingerprint density at radius 1 is 1.52 bits per heavy atom. The molecule has 3 unspecified atom stereocenters. The van der Waals surface area contributed by atoms with E-state index in [4.69, 9.17) is 15.5 Å². The molecule has 1 saturated carbocycles. The van der Waals surface area contributed by atoms with Gasteiger partial charge in [-0.05, 0) is 56.9 Å². The molecule has 5 heteroatoms. The van der Waals surface area contributed by atoms with Crippen molar-refractivity contribution in [2.45, 2.75) is 44.4 Å². The van der Waals surface area contributed by atoms with Gasteiger partial charge in [0.15, 0.2) is 0 Å². The highest BCUT2D eigenvalue weighted by Gasteiger charge is 2.55. The molecule has 2 N–H and O–H groups in total. The van der Waals surface area contributed by atoms with Crippen LogP contribution < -0.4 is 5.73 Å². The van der Waals surface area contributed by atoms with E-state index in [1.54, 1.807) is 6.08 Å². The minimum atomic E-state index is 0.0371. The highest BCUT2D eigenvalue weighted by molar-refractivity contribution is 8.04. The van der Waals surface area contributed by atoms with Crippen LogP contribution in [0.1, 0.15) is 39.5 Å². The predicted octanol–water partition coefficient (Wildman–Crippen LogP) is 5.68. The number of nitrogens with zero attached hydrogens (tertiary/aromatic N) is 2. The molecule has 2 aliphatic carbocycles. The van der Waals surface area contributed by atoms with Crippen molar-refractivity contribution in [3.8, 4) is 0 Å². The van der Waals surface area contributed by atoms with Crippen LogP contribution in [0.3, 0.4) is 0 Å². The van der Waals surface area contributed by atoms with Gasteiger partial charge in [-0.25, -0.2) is 4.99 Å². The first-order valence-electron chi connectivity index (χ1n) is 10.3. The molecular weight excluding hydrogens is 378 g/mol. The summed E-state index contributed by atoms with van der Waals surface area (Å²) in [6.45, 7) is 12.0. The van der Waals surface area contributed by atoms with E-state index in [0.717, 1.165) is 25.7 Å². The summed E-state index contributed by atoms with van der Waals surface area (Å²) in [7, 11) is 0. The molecule has 0 radical (unpaired) electrons. The van der Waals surface area contributed by atoms with Crippen LogP contribution in [0.2, 0.25) is 0 Å². The van der Waals surface area contributed by atoms with Gasteiger partial charge < -0.3 is 10.5 Å². The molecule has 3 aliphatic rings. The van der Waals surface area contributed by atoms with Crippen molar-refractivity contribution in [1.29, 1.82) is 0 Å². The van der Waals surface area contributed by atoms with Gasteiger partial charge >= 0.3 is 0 Å². The summed E-state index contributed by atoms with van der Waals surface area (Å²) in [6, 6.07) is 0. The van der Waals surface area contributed by atoms with Crippen LogP contribution in [0, 0.1) is 11.8 Å². The molecule has 154 valence electrons. The van der Waals surface area contributed by atoms with Gasteiger partial charge in [0, 0.05) is 17.0 Å². The number of fused-ring (bicyclic) bond motifs is 1. The standard InChI is InChI=1S/C24H31N3OS/c1-5-21(23(25)26-4)22(28-6-2)13-17(3)12-18-14-19-15-24(19,27-16-18)29-20-10-8-7-9-11-20/h5,8,10-11,13-14,16-17,19H,1,4,6-7,9,12,15,25H2,2-3H3/b22-13-,23-21+. The zero-order valence-corrected chi connectivity index (χ0v) is 18.3. The van der Waals surface area contributed by atoms with E-state index in [2.05, 4.69) is 61.8 Å². The second kappa shape index (κ2) is 9.49. The highest BCUT2D eigenvalue weighted by Crippen LogP contribution is 2.60. The molecule has 0 aromatic rings. The lowest BCUT2D eigenvalue weighted by molar-refractivity contribution is 0.235. The van der Waals surface area contributed by atoms with Gasteiger partial charge in [-0.1, -0.05) is 55.6 Å². The summed E-state index contributed by atoms with van der Waals surface area (Å²) >= 11 is 1.92. The van der Waals surface area contributed by atoms with Crippen LogP contribution >= 0.6 is 11.8 Å². The molecule has 0 saturated heterocycles. The largest absolute Gasteiger partial charge is 0.493 e. The zero-order valence-electron chi connectivity index (χ0n) is 17.4. The van der Waals surface area contributed by atoms with Crippen LogP contribution in [0.25, 0.3) is 0 Å². The molecule has 3 rings (SSSR count). The third-order valence-electron chi connectivity index (χ3n) is 5.26. The molecule has 1 aliphatic heterocycles. The minimum Gasteiger partial charge on any atom is -0.493 e. The summed E-state index contributed by atoms with van der Waals surface area (Å²) < 4.78 is 5.80. The number of hydrogen-bond acceptors (Lipinski definition) is 5. The number of ether oxygens (including phenoxy) is 1. The maximum absolute atomic E-state index is 5.95. The van der Waals surface area contributed by atoms with E-state index < -0.39 is 0 Å². The first-order chi connectivity index (χ1) is 14.0. The molecule has 0 bridgehead atoms. The Bertz CT molecular complexity index is 846. The fourth-order valence-electron chi connectivity index (χ4n) is 3.70. The monoisotopic (exact) mass is 409 g/mol. The number of nitrogens with two attached hydrogens (primary N) is 1. The molecule has 1 heterocycles. The Labute approximate surface area is 178 Å². The fraction of sp³-hybridized carbons (Fsp3) is 0.417. The van der Waals surface area contributed by atoms with Crippen molar-refractivity contribution in [2.75, 3.05) is 6.61 Å². The molecule has 3 atom stereocenters. The summed E-state index contributed by atoms with van der Waals surface area (Å²) in [5.41, 5.74) is 7.92. The normalized spacial score (nSPS) is 27.2. The van der Waals surface area contributed by atoms with E-state index in [-0.39, 0.29) is 10.8 Å². The number of dihydropyridines is 1. The molecule has 0 spiro atoms. The Morgan fingerprint density at radius 2 is 2.34 bits per heavy atom. The first-order valence-corrected chi connectivity index (χ1v) is 11.1. The third kappa shape index (κ3) is 5.21. The van der Waals surface area contributed by atoms with Gasteiger partial charge in [0.05, 0.1) is 12.2 Å². The third-order valence-corrected chi connectivity index (χ3v) is 6.73. The van der Waals surface area contributed by atoms with Gasteiger partial charge in [0.2, 0.25) is 0 Å². The lowest BCUT2D eigenvalue weighted by Gasteiger charge is -2.19. The van der Waals surface area contributed by atoms with Crippen molar-refractivity contribution < 1.29 is 4.74 Å². The number of allylic oxidation sites excluding steroid dienone is 6. The van der Waals surface area contributed by atoms with Crippen molar-refractivity contribution in [2.24, 2.45) is 27.6 Å². The van der Waals surface area contributed by atoms with Crippen LogP contribution in [0.15, 0.2) is 80.7 Å². The molecule has 0 aromatic heterocycles. The van der Waals surface area contributed by atoms with Gasteiger partial charge in [-0.3, -0.25) is 4.99 Å². The van der Waals surface area contributed by atoms with Gasteiger partial charge in [0.1, 0.15) is 16.5 Å². The van der Waals surface area contributed by atoms with Gasteiger partial charge in [0.25, 0.3) is 0 Å². The molecule has 29 heavy (non-hydrogen) atoms. The van der Waals surface area contributed by atoms with Crippen molar-refractivity contribution in [3.63, 3.8) is 0 Å². The van der Waals surface area contributed by atoms with Crippen LogP contribution in [-0.2, 0) is 4.74 Å². The fourth-order valence-corrected chi connectivity index (χ4v) is 5.06. The van der Waals surface area contributed by atoms with E-state index in [1.807, 2.05) is 18.7 Å². The van der Waals surface area contributed by atoms with Crippen molar-refractivity contribution in [3.05, 3.63) is 70.7 Å². The highest BCUT2D eigenvalue weighted by atomic mass is 32.2. The Hall–Kier alpha value is -2.27. The second-order valence-electron chi connectivity index (χ2n) is 7.65. The smallest absolute Gasteiger partial charge is 0.133 e. The number of aliphatic imine (C=N–C) groups is 2. The quantitative estimate of drug-likeness (QED) is 0.287. The van der Waals surface area contributed by atoms with Gasteiger partial charge in [-0.15, -0.1) is 0 Å². The van der Waals surface area contributed by atoms with Crippen LogP contribution in [-0.4, -0.2) is 24.4 Å². The van der Waals surface area contributed by atoms with E-state index in [0.29, 0.717) is 29.7 Å². The zero-order chi connectivity index (χ0) is 20.9. The van der Waals surface area contributed by atoms with Crippen molar-refractivity contribution >= 4 is 24.7 Å². The van der Waals surface area contributed by atoms with E-state index in [9.17, 15) is 0 Å². The predicted molar refractivity (Wildman–Crippen MR) is 126 cm³/mol. The summed E-state index contributed by atoms with van der Waals surface area (Å²) in [5, 5.41) is 0. The average molecular weight is 410 g/mol. The van der Waals surface area contributed by atoms with Crippen LogP contribution in [0.5, 0.6) is 0 Å². The SMILES string of the molecule is C=CC(/C(=C/C(C)CC1=CC2CC2(SC2=CCCC=C2)N=C1)OCC)=C(/N)N=C. The maximum Gasteiger partial charge on any atom is 0.133 e. The molecule has 1 fully saturated rings. The summed E-state index contributed by atoms with van der Waals surface area (Å²) in [5.74, 6) is 1.84. The maximum atomic E-state index is 5.95. The number of rotatable bonds is 10. The molecular formula is C24H31N3OS. The molecule has 0 amide bonds. The number of thioether (sulfide) groups is 1. The summed E-state index contributed by atoms with van der Waals surface area (Å²) in [4.78, 5) is 10.2. The minimum absolute atomic E-state index is 0.0371. The Morgan fingerprint density at radius 3 is 2.97 bits per heavy atom. The van der Waals surface area contributed by atoms with E-state index in [1.165, 1.54) is 10.5 Å². The second-order valence-corrected chi connectivity index (χ2v) is 9.03. The van der Waals surface area contributed by atoms with Gasteiger partial charge in [-0.2, -0.15) is 0 Å². The molecule has 4 nitrogen and oxygen atoms in total. The lowest BCUT2D eigenvalue weighted by Crippen LogP contribution is -2.10. The first kappa shape index (κ1) is 21.4. The van der Waals surface area contributed by atoms with Crippen molar-refractivity contribution in [1.82, 2.24) is 0 Å². The van der Waals surface area contributed by atoms with Crippen LogP contribution in [0.4, 0.5) is 0 Å². The average Bonchev–Trinajstić information content (AvgIpc) is 3.42. The lowest BCUT2D eigenvalue weighted by atomic mass is 9.97. The number of hydrogen-bond donors (Lipinski definition) is 1. The topological polar surface area (TPSA) is 60.0 Å². The summed E-state index contributed by atoms with van der Waals surface area (Å²) in [6.07, 6.45) is 19.4. The Balaban J connectivity index is 1.65. The Kier molecular flexibility index (Phi) is 7.01. The molecule has 0 aromatic carbocycles.